The third kappa shape index (κ3) is 3.46. The quantitative estimate of drug-likeness (QED) is 0.810. The second-order valence-corrected chi connectivity index (χ2v) is 7.22. The molecule has 1 aliphatic heterocycles. The summed E-state index contributed by atoms with van der Waals surface area (Å²) in [6.07, 6.45) is 1.35. The number of nitriles is 1. The van der Waals surface area contributed by atoms with Crippen molar-refractivity contribution in [2.24, 2.45) is 0 Å². The van der Waals surface area contributed by atoms with Crippen LogP contribution in [0.3, 0.4) is 0 Å². The van der Waals surface area contributed by atoms with Gasteiger partial charge in [0.1, 0.15) is 18.2 Å². The average molecular weight is 374 g/mol. The van der Waals surface area contributed by atoms with E-state index in [1.165, 1.54) is 6.20 Å². The van der Waals surface area contributed by atoms with Gasteiger partial charge >= 0.3 is 0 Å². The highest BCUT2D eigenvalue weighted by Gasteiger charge is 2.26. The molecular formula is C19H20ClN3O3. The first-order chi connectivity index (χ1) is 12.3. The molecule has 1 amide bonds. The molecule has 0 N–H and O–H groups in total. The van der Waals surface area contributed by atoms with E-state index in [0.29, 0.717) is 29.0 Å². The zero-order valence-electron chi connectivity index (χ0n) is 15.0. The van der Waals surface area contributed by atoms with Crippen LogP contribution in [0.4, 0.5) is 0 Å². The number of morpholine rings is 1. The predicted octanol–water partition coefficient (Wildman–Crippen LogP) is 2.47. The maximum absolute atomic E-state index is 12.8. The minimum atomic E-state index is -0.370. The number of rotatable bonds is 2. The predicted molar refractivity (Wildman–Crippen MR) is 99.3 cm³/mol. The van der Waals surface area contributed by atoms with Gasteiger partial charge in [-0.15, -0.1) is 0 Å². The van der Waals surface area contributed by atoms with Gasteiger partial charge in [-0.3, -0.25) is 9.59 Å². The van der Waals surface area contributed by atoms with Gasteiger partial charge < -0.3 is 14.2 Å². The number of aromatic nitrogens is 1. The van der Waals surface area contributed by atoms with Gasteiger partial charge in [-0.25, -0.2) is 0 Å². The van der Waals surface area contributed by atoms with E-state index in [-0.39, 0.29) is 35.7 Å². The summed E-state index contributed by atoms with van der Waals surface area (Å²) in [6.45, 7) is 6.72. The molecule has 0 bridgehead atoms. The van der Waals surface area contributed by atoms with Gasteiger partial charge in [-0.1, -0.05) is 11.6 Å². The number of benzene rings is 1. The lowest BCUT2D eigenvalue weighted by Gasteiger charge is -2.35. The monoisotopic (exact) mass is 373 g/mol. The third-order valence-electron chi connectivity index (χ3n) is 4.47. The Kier molecular flexibility index (Phi) is 5.03. The second-order valence-electron chi connectivity index (χ2n) is 6.81. The van der Waals surface area contributed by atoms with Crippen molar-refractivity contribution in [1.29, 1.82) is 5.26 Å². The number of aryl methyl sites for hydroxylation is 1. The van der Waals surface area contributed by atoms with Crippen molar-refractivity contribution < 1.29 is 9.53 Å². The van der Waals surface area contributed by atoms with Crippen LogP contribution in [0.2, 0.25) is 5.02 Å². The molecule has 0 spiro atoms. The summed E-state index contributed by atoms with van der Waals surface area (Å²) in [5.74, 6) is -0.0996. The fraction of sp³-hybridized carbons (Fsp3) is 0.421. The standard InChI is InChI=1S/C19H20ClN3O3/c1-11-4-15-18(16(20)5-11)23(9-14(6-21)19(15)25)10-17(24)22-7-12(2)26-13(3)8-22/h4-5,9,12-13H,7-8,10H2,1-3H3. The summed E-state index contributed by atoms with van der Waals surface area (Å²) in [6, 6.07) is 5.36. The highest BCUT2D eigenvalue weighted by Crippen LogP contribution is 2.24. The zero-order chi connectivity index (χ0) is 19.0. The van der Waals surface area contributed by atoms with Crippen LogP contribution in [0.5, 0.6) is 0 Å². The lowest BCUT2D eigenvalue weighted by atomic mass is 10.1. The number of halogens is 1. The van der Waals surface area contributed by atoms with E-state index in [4.69, 9.17) is 16.3 Å². The van der Waals surface area contributed by atoms with Crippen LogP contribution in [0.15, 0.2) is 23.1 Å². The Morgan fingerprint density at radius 2 is 2.00 bits per heavy atom. The molecule has 26 heavy (non-hydrogen) atoms. The molecule has 0 aliphatic carbocycles. The number of carbonyl (C=O) groups excluding carboxylic acids is 1. The Hall–Kier alpha value is -2.36. The Morgan fingerprint density at radius 1 is 1.35 bits per heavy atom. The highest BCUT2D eigenvalue weighted by molar-refractivity contribution is 6.35. The van der Waals surface area contributed by atoms with Crippen molar-refractivity contribution in [3.8, 4) is 6.07 Å². The van der Waals surface area contributed by atoms with E-state index >= 15 is 0 Å². The summed E-state index contributed by atoms with van der Waals surface area (Å²) in [4.78, 5) is 27.0. The molecule has 136 valence electrons. The lowest BCUT2D eigenvalue weighted by molar-refractivity contribution is -0.143. The van der Waals surface area contributed by atoms with Gasteiger partial charge in [0, 0.05) is 24.7 Å². The molecule has 2 heterocycles. The Bertz CT molecular complexity index is 967. The molecule has 6 nitrogen and oxygen atoms in total. The molecule has 1 aliphatic rings. The summed E-state index contributed by atoms with van der Waals surface area (Å²) in [5, 5.41) is 10.0. The van der Waals surface area contributed by atoms with Crippen molar-refractivity contribution in [3.63, 3.8) is 0 Å². The van der Waals surface area contributed by atoms with Gasteiger partial charge in [0.25, 0.3) is 0 Å². The van der Waals surface area contributed by atoms with Gasteiger partial charge in [0.2, 0.25) is 11.3 Å². The Labute approximate surface area is 156 Å². The van der Waals surface area contributed by atoms with E-state index in [9.17, 15) is 14.9 Å². The molecule has 1 saturated heterocycles. The van der Waals surface area contributed by atoms with Gasteiger partial charge in [0.05, 0.1) is 22.7 Å². The van der Waals surface area contributed by atoms with Crippen molar-refractivity contribution in [2.75, 3.05) is 13.1 Å². The number of fused-ring (bicyclic) bond motifs is 1. The molecule has 0 radical (unpaired) electrons. The van der Waals surface area contributed by atoms with Crippen molar-refractivity contribution in [2.45, 2.75) is 39.5 Å². The van der Waals surface area contributed by atoms with Crippen LogP contribution in [-0.4, -0.2) is 40.7 Å². The number of carbonyl (C=O) groups is 1. The van der Waals surface area contributed by atoms with Crippen molar-refractivity contribution >= 4 is 28.4 Å². The molecule has 1 aromatic carbocycles. The minimum absolute atomic E-state index is 0.00400. The van der Waals surface area contributed by atoms with Crippen LogP contribution in [0.1, 0.15) is 25.0 Å². The molecule has 1 fully saturated rings. The van der Waals surface area contributed by atoms with E-state index < -0.39 is 0 Å². The minimum Gasteiger partial charge on any atom is -0.372 e. The van der Waals surface area contributed by atoms with Gasteiger partial charge in [-0.05, 0) is 38.5 Å². The average Bonchev–Trinajstić information content (AvgIpc) is 2.56. The maximum atomic E-state index is 12.8. The third-order valence-corrected chi connectivity index (χ3v) is 4.76. The molecule has 7 heteroatoms. The number of ether oxygens (including phenoxy) is 1. The largest absolute Gasteiger partial charge is 0.372 e. The Morgan fingerprint density at radius 3 is 2.62 bits per heavy atom. The molecule has 3 rings (SSSR count). The number of pyridine rings is 1. The fourth-order valence-electron chi connectivity index (χ4n) is 3.46. The van der Waals surface area contributed by atoms with Gasteiger partial charge in [-0.2, -0.15) is 5.26 Å². The van der Waals surface area contributed by atoms with E-state index in [0.717, 1.165) is 5.56 Å². The number of hydrogen-bond donors (Lipinski definition) is 0. The normalized spacial score (nSPS) is 20.2. The smallest absolute Gasteiger partial charge is 0.242 e. The summed E-state index contributed by atoms with van der Waals surface area (Å²) in [7, 11) is 0. The Balaban J connectivity index is 2.05. The van der Waals surface area contributed by atoms with Crippen LogP contribution >= 0.6 is 11.6 Å². The number of amides is 1. The summed E-state index contributed by atoms with van der Waals surface area (Å²) in [5.41, 5.74) is 0.925. The van der Waals surface area contributed by atoms with E-state index in [1.54, 1.807) is 21.6 Å². The first-order valence-electron chi connectivity index (χ1n) is 8.46. The van der Waals surface area contributed by atoms with Crippen LogP contribution in [0.25, 0.3) is 10.9 Å². The number of nitrogens with zero attached hydrogens (tertiary/aromatic N) is 3. The van der Waals surface area contributed by atoms with Crippen LogP contribution < -0.4 is 5.43 Å². The summed E-state index contributed by atoms with van der Waals surface area (Å²) >= 11 is 6.36. The molecule has 0 saturated carbocycles. The first-order valence-corrected chi connectivity index (χ1v) is 8.84. The molecule has 2 atom stereocenters. The molecule has 1 aromatic heterocycles. The topological polar surface area (TPSA) is 75.3 Å². The maximum Gasteiger partial charge on any atom is 0.242 e. The molecular weight excluding hydrogens is 354 g/mol. The second kappa shape index (κ2) is 7.10. The molecule has 2 unspecified atom stereocenters. The van der Waals surface area contributed by atoms with Crippen LogP contribution in [0, 0.1) is 18.3 Å². The van der Waals surface area contributed by atoms with Gasteiger partial charge in [0.15, 0.2) is 0 Å². The molecule has 2 aromatic rings. The first kappa shape index (κ1) is 18.4. The van der Waals surface area contributed by atoms with Crippen LogP contribution in [-0.2, 0) is 16.1 Å². The van der Waals surface area contributed by atoms with E-state index in [2.05, 4.69) is 0 Å². The van der Waals surface area contributed by atoms with Crippen molar-refractivity contribution in [1.82, 2.24) is 9.47 Å². The number of hydrogen-bond acceptors (Lipinski definition) is 4. The van der Waals surface area contributed by atoms with Crippen molar-refractivity contribution in [3.05, 3.63) is 44.7 Å². The van der Waals surface area contributed by atoms with E-state index in [1.807, 2.05) is 26.8 Å². The summed E-state index contributed by atoms with van der Waals surface area (Å²) < 4.78 is 7.27. The SMILES string of the molecule is Cc1cc(Cl)c2c(c1)c(=O)c(C#N)cn2CC(=O)N1CC(C)OC(C)C1. The fourth-order valence-corrected chi connectivity index (χ4v) is 3.84. The lowest BCUT2D eigenvalue weighted by Crippen LogP contribution is -2.49. The zero-order valence-corrected chi connectivity index (χ0v) is 15.7. The highest BCUT2D eigenvalue weighted by atomic mass is 35.5.